The molecule has 1 amide bonds. The Morgan fingerprint density at radius 3 is 2.37 bits per heavy atom. The zero-order chi connectivity index (χ0) is 20.6. The Balaban J connectivity index is 1.48. The largest absolute Gasteiger partial charge is 0.476 e. The third-order valence-corrected chi connectivity index (χ3v) is 5.04. The number of ether oxygens (including phenoxy) is 2. The van der Waals surface area contributed by atoms with Gasteiger partial charge in [0.1, 0.15) is 5.75 Å². The van der Waals surface area contributed by atoms with Crippen molar-refractivity contribution in [1.29, 1.82) is 0 Å². The van der Waals surface area contributed by atoms with Gasteiger partial charge in [0, 0.05) is 30.9 Å². The lowest BCUT2D eigenvalue weighted by molar-refractivity contribution is -0.123. The molecule has 5 nitrogen and oxygen atoms in total. The molecule has 0 saturated carbocycles. The van der Waals surface area contributed by atoms with Gasteiger partial charge in [0.2, 0.25) is 6.10 Å². The molecule has 1 aliphatic rings. The summed E-state index contributed by atoms with van der Waals surface area (Å²) in [5.41, 5.74) is 2.74. The predicted molar refractivity (Wildman–Crippen MR) is 117 cm³/mol. The normalized spacial score (nSPS) is 15.3. The van der Waals surface area contributed by atoms with E-state index in [0.717, 1.165) is 49.7 Å². The van der Waals surface area contributed by atoms with Gasteiger partial charge in [-0.1, -0.05) is 60.7 Å². The summed E-state index contributed by atoms with van der Waals surface area (Å²) in [5, 5.41) is 3.03. The van der Waals surface area contributed by atoms with Crippen LogP contribution >= 0.6 is 0 Å². The van der Waals surface area contributed by atoms with Crippen molar-refractivity contribution in [2.75, 3.05) is 31.6 Å². The topological polar surface area (TPSA) is 50.8 Å². The number of amides is 1. The maximum atomic E-state index is 13.2. The Kier molecular flexibility index (Phi) is 6.75. The van der Waals surface area contributed by atoms with E-state index in [-0.39, 0.29) is 5.91 Å². The molecule has 1 aliphatic heterocycles. The van der Waals surface area contributed by atoms with Gasteiger partial charge in [-0.15, -0.1) is 0 Å². The Labute approximate surface area is 177 Å². The lowest BCUT2D eigenvalue weighted by Gasteiger charge is -2.26. The van der Waals surface area contributed by atoms with Crippen LogP contribution in [0.15, 0.2) is 84.9 Å². The van der Waals surface area contributed by atoms with Crippen LogP contribution < -0.4 is 10.1 Å². The summed E-state index contributed by atoms with van der Waals surface area (Å²) in [5.74, 6) is 0.455. The molecule has 1 saturated heterocycles. The highest BCUT2D eigenvalue weighted by Crippen LogP contribution is 2.24. The molecule has 4 rings (SSSR count). The van der Waals surface area contributed by atoms with Crippen LogP contribution in [0.4, 0.5) is 5.69 Å². The van der Waals surface area contributed by atoms with Crippen molar-refractivity contribution in [3.8, 4) is 5.75 Å². The maximum Gasteiger partial charge on any atom is 0.270 e. The van der Waals surface area contributed by atoms with E-state index in [1.807, 2.05) is 78.9 Å². The molecule has 154 valence electrons. The number of carbonyl (C=O) groups is 1. The number of para-hydroxylation sites is 1. The van der Waals surface area contributed by atoms with Crippen molar-refractivity contribution in [3.63, 3.8) is 0 Å². The molecule has 3 aromatic carbocycles. The number of anilines is 1. The smallest absolute Gasteiger partial charge is 0.270 e. The highest BCUT2D eigenvalue weighted by molar-refractivity contribution is 5.95. The van der Waals surface area contributed by atoms with E-state index >= 15 is 0 Å². The molecule has 1 unspecified atom stereocenters. The molecule has 1 N–H and O–H groups in total. The van der Waals surface area contributed by atoms with Gasteiger partial charge >= 0.3 is 0 Å². The summed E-state index contributed by atoms with van der Waals surface area (Å²) in [4.78, 5) is 15.5. The summed E-state index contributed by atoms with van der Waals surface area (Å²) in [6, 6.07) is 27.0. The minimum atomic E-state index is -0.739. The molecule has 0 aliphatic carbocycles. The number of nitrogens with zero attached hydrogens (tertiary/aromatic N) is 1. The molecule has 0 radical (unpaired) electrons. The van der Waals surface area contributed by atoms with Crippen molar-refractivity contribution in [3.05, 3.63) is 96.1 Å². The summed E-state index contributed by atoms with van der Waals surface area (Å²) in [6.45, 7) is 4.24. The van der Waals surface area contributed by atoms with Gasteiger partial charge in [-0.2, -0.15) is 0 Å². The van der Waals surface area contributed by atoms with Crippen LogP contribution in [0, 0.1) is 0 Å². The average molecular weight is 402 g/mol. The van der Waals surface area contributed by atoms with Crippen molar-refractivity contribution in [2.24, 2.45) is 0 Å². The molecular formula is C25H26N2O3. The summed E-state index contributed by atoms with van der Waals surface area (Å²) < 4.78 is 11.5. The molecule has 0 bridgehead atoms. The SMILES string of the molecule is O=C(Nc1cccc(CN2CCOCC2)c1)C(Oc1ccccc1)c1ccccc1. The first-order valence-electron chi connectivity index (χ1n) is 10.2. The minimum absolute atomic E-state index is 0.200. The van der Waals surface area contributed by atoms with Gasteiger partial charge in [-0.05, 0) is 29.8 Å². The van der Waals surface area contributed by atoms with Crippen molar-refractivity contribution < 1.29 is 14.3 Å². The van der Waals surface area contributed by atoms with Crippen molar-refractivity contribution in [1.82, 2.24) is 4.90 Å². The van der Waals surface area contributed by atoms with Crippen molar-refractivity contribution in [2.45, 2.75) is 12.6 Å². The molecule has 0 spiro atoms. The lowest BCUT2D eigenvalue weighted by Crippen LogP contribution is -2.35. The third kappa shape index (κ3) is 5.47. The van der Waals surface area contributed by atoms with Crippen LogP contribution in [0.25, 0.3) is 0 Å². The molecular weight excluding hydrogens is 376 g/mol. The Morgan fingerprint density at radius 1 is 0.933 bits per heavy atom. The first kappa shape index (κ1) is 20.1. The number of rotatable bonds is 7. The van der Waals surface area contributed by atoms with Crippen molar-refractivity contribution >= 4 is 11.6 Å². The second-order valence-electron chi connectivity index (χ2n) is 7.30. The van der Waals surface area contributed by atoms with Gasteiger partial charge in [-0.25, -0.2) is 0 Å². The van der Waals surface area contributed by atoms with E-state index in [1.54, 1.807) is 0 Å². The summed E-state index contributed by atoms with van der Waals surface area (Å²) in [7, 11) is 0. The Morgan fingerprint density at radius 2 is 1.63 bits per heavy atom. The molecule has 5 heteroatoms. The Bertz CT molecular complexity index is 941. The zero-order valence-corrected chi connectivity index (χ0v) is 16.9. The van der Waals surface area contributed by atoms with Crippen LogP contribution in [0.2, 0.25) is 0 Å². The molecule has 1 atom stereocenters. The van der Waals surface area contributed by atoms with Crippen LogP contribution in [0.1, 0.15) is 17.2 Å². The van der Waals surface area contributed by atoms with E-state index < -0.39 is 6.10 Å². The van der Waals surface area contributed by atoms with Gasteiger partial charge in [-0.3, -0.25) is 9.69 Å². The van der Waals surface area contributed by atoms with E-state index in [9.17, 15) is 4.79 Å². The van der Waals surface area contributed by atoms with E-state index in [0.29, 0.717) is 5.75 Å². The first-order chi connectivity index (χ1) is 14.8. The van der Waals surface area contributed by atoms with Crippen LogP contribution in [0.3, 0.4) is 0 Å². The van der Waals surface area contributed by atoms with Crippen LogP contribution in [-0.4, -0.2) is 37.1 Å². The van der Waals surface area contributed by atoms with Gasteiger partial charge in [0.05, 0.1) is 13.2 Å². The number of nitrogens with one attached hydrogen (secondary N) is 1. The molecule has 30 heavy (non-hydrogen) atoms. The van der Waals surface area contributed by atoms with E-state index in [4.69, 9.17) is 9.47 Å². The fourth-order valence-electron chi connectivity index (χ4n) is 3.51. The second-order valence-corrected chi connectivity index (χ2v) is 7.30. The standard InChI is InChI=1S/C25H26N2O3/c28-25(24(21-9-3-1-4-10-21)30-23-12-5-2-6-13-23)26-22-11-7-8-20(18-22)19-27-14-16-29-17-15-27/h1-13,18,24H,14-17,19H2,(H,26,28). The first-order valence-corrected chi connectivity index (χ1v) is 10.2. The maximum absolute atomic E-state index is 13.2. The van der Waals surface area contributed by atoms with Crippen LogP contribution in [0.5, 0.6) is 5.75 Å². The predicted octanol–water partition coefficient (Wildman–Crippen LogP) is 4.28. The van der Waals surface area contributed by atoms with E-state index in [2.05, 4.69) is 16.3 Å². The lowest BCUT2D eigenvalue weighted by atomic mass is 10.1. The second kappa shape index (κ2) is 10.1. The fraction of sp³-hybridized carbons (Fsp3) is 0.240. The van der Waals surface area contributed by atoms with E-state index in [1.165, 1.54) is 0 Å². The molecule has 3 aromatic rings. The zero-order valence-electron chi connectivity index (χ0n) is 16.9. The third-order valence-electron chi connectivity index (χ3n) is 5.04. The number of benzene rings is 3. The summed E-state index contributed by atoms with van der Waals surface area (Å²) in [6.07, 6.45) is -0.739. The average Bonchev–Trinajstić information content (AvgIpc) is 2.80. The van der Waals surface area contributed by atoms with Gasteiger partial charge in [0.15, 0.2) is 0 Å². The number of morpholine rings is 1. The summed E-state index contributed by atoms with van der Waals surface area (Å²) >= 11 is 0. The highest BCUT2D eigenvalue weighted by atomic mass is 16.5. The van der Waals surface area contributed by atoms with Gasteiger partial charge < -0.3 is 14.8 Å². The van der Waals surface area contributed by atoms with Gasteiger partial charge in [0.25, 0.3) is 5.91 Å². The number of hydrogen-bond acceptors (Lipinski definition) is 4. The fourth-order valence-corrected chi connectivity index (χ4v) is 3.51. The monoisotopic (exact) mass is 402 g/mol. The highest BCUT2D eigenvalue weighted by Gasteiger charge is 2.23. The molecule has 1 fully saturated rings. The minimum Gasteiger partial charge on any atom is -0.476 e. The quantitative estimate of drug-likeness (QED) is 0.641. The van der Waals surface area contributed by atoms with Crippen LogP contribution in [-0.2, 0) is 16.1 Å². The molecule has 0 aromatic heterocycles. The Hall–Kier alpha value is -3.15. The number of carbonyl (C=O) groups excluding carboxylic acids is 1. The number of hydrogen-bond donors (Lipinski definition) is 1. The molecule has 1 heterocycles.